The molecule has 1 atom stereocenters. The van der Waals surface area contributed by atoms with Crippen LogP contribution in [0.25, 0.3) is 0 Å². The average molecular weight is 247 g/mol. The van der Waals surface area contributed by atoms with Crippen LogP contribution in [0.5, 0.6) is 0 Å². The number of hydrogen-bond donors (Lipinski definition) is 0. The Kier molecular flexibility index (Phi) is 18.0. The minimum Gasteiger partial charge on any atom is -0.358 e. The van der Waals surface area contributed by atoms with E-state index < -0.39 is 0 Å². The van der Waals surface area contributed by atoms with Crippen molar-refractivity contribution < 1.29 is 17.1 Å². The summed E-state index contributed by atoms with van der Waals surface area (Å²) in [5.41, 5.74) is 0. The molecule has 0 bridgehead atoms. The van der Waals surface area contributed by atoms with Gasteiger partial charge in [0.15, 0.2) is 0 Å². The third-order valence-electron chi connectivity index (χ3n) is 2.09. The number of nitriles is 1. The second kappa shape index (κ2) is 13.5. The predicted molar refractivity (Wildman–Crippen MR) is 63.3 cm³/mol. The van der Waals surface area contributed by atoms with Crippen LogP contribution < -0.4 is 0 Å². The SMILES string of the molecule is C1=CCCC1.N#CC1C=CCC1.[CH3-].[CH3-].[Fe+2]. The second-order valence-electron chi connectivity index (χ2n) is 3.14. The van der Waals surface area contributed by atoms with Crippen molar-refractivity contribution >= 4 is 0 Å². The molecule has 2 aliphatic rings. The normalized spacial score (nSPS) is 19.8. The molecule has 0 aliphatic heterocycles. The van der Waals surface area contributed by atoms with Crippen molar-refractivity contribution in [2.24, 2.45) is 5.92 Å². The standard InChI is InChI=1S/C6H7N.C5H8.2CH3.Fe/c7-5-6-3-1-2-4-6;1-2-4-5-3-1;;;/h1,3,6H,2,4H2;1-2H,3-5H2;2*1H3;/q;;2*-1;+2. The molecule has 0 heterocycles. The van der Waals surface area contributed by atoms with E-state index >= 15 is 0 Å². The summed E-state index contributed by atoms with van der Waals surface area (Å²) in [6, 6.07) is 2.18. The maximum atomic E-state index is 8.26. The zero-order valence-corrected chi connectivity index (χ0v) is 10.8. The molecule has 2 heteroatoms. The van der Waals surface area contributed by atoms with Crippen LogP contribution in [0.1, 0.15) is 32.1 Å². The van der Waals surface area contributed by atoms with Crippen molar-refractivity contribution in [2.45, 2.75) is 32.1 Å². The van der Waals surface area contributed by atoms with Gasteiger partial charge in [-0.25, -0.2) is 0 Å². The zero-order chi connectivity index (χ0) is 8.65. The van der Waals surface area contributed by atoms with Gasteiger partial charge < -0.3 is 14.9 Å². The third-order valence-corrected chi connectivity index (χ3v) is 2.09. The van der Waals surface area contributed by atoms with Crippen LogP contribution in [0.3, 0.4) is 0 Å². The molecule has 15 heavy (non-hydrogen) atoms. The first kappa shape index (κ1) is 20.0. The largest absolute Gasteiger partial charge is 2.00 e. The Bertz CT molecular complexity index is 207. The van der Waals surface area contributed by atoms with Gasteiger partial charge in [-0.05, 0) is 32.1 Å². The van der Waals surface area contributed by atoms with Gasteiger partial charge in [0.1, 0.15) is 0 Å². The van der Waals surface area contributed by atoms with Crippen LogP contribution in [0.2, 0.25) is 0 Å². The molecule has 0 radical (unpaired) electrons. The summed E-state index contributed by atoms with van der Waals surface area (Å²) in [6.07, 6.45) is 14.7. The van der Waals surface area contributed by atoms with Gasteiger partial charge >= 0.3 is 17.1 Å². The van der Waals surface area contributed by atoms with Gasteiger partial charge in [0, 0.05) is 0 Å². The molecule has 0 fully saturated rings. The topological polar surface area (TPSA) is 23.8 Å². The molecule has 2 aliphatic carbocycles. The molecular weight excluding hydrogens is 226 g/mol. The Balaban J connectivity index is -0.000000165. The molecule has 0 aromatic carbocycles. The molecule has 1 unspecified atom stereocenters. The number of hydrogen-bond acceptors (Lipinski definition) is 1. The number of allylic oxidation sites excluding steroid dienone is 4. The van der Waals surface area contributed by atoms with Gasteiger partial charge in [0.05, 0.1) is 12.0 Å². The second-order valence-corrected chi connectivity index (χ2v) is 3.14. The Morgan fingerprint density at radius 3 is 1.80 bits per heavy atom. The maximum absolute atomic E-state index is 8.26. The fourth-order valence-corrected chi connectivity index (χ4v) is 1.33. The van der Waals surface area contributed by atoms with Crippen LogP contribution >= 0.6 is 0 Å². The van der Waals surface area contributed by atoms with E-state index in [1.807, 2.05) is 6.08 Å². The van der Waals surface area contributed by atoms with Gasteiger partial charge in [-0.3, -0.25) is 0 Å². The van der Waals surface area contributed by atoms with E-state index in [0.717, 1.165) is 12.8 Å². The Morgan fingerprint density at radius 1 is 1.00 bits per heavy atom. The molecule has 0 aromatic heterocycles. The summed E-state index contributed by atoms with van der Waals surface area (Å²) >= 11 is 0. The fraction of sp³-hybridized carbons (Fsp3) is 0.462. The zero-order valence-electron chi connectivity index (χ0n) is 9.72. The first-order valence-corrected chi connectivity index (χ1v) is 4.65. The summed E-state index contributed by atoms with van der Waals surface area (Å²) in [5.74, 6) is 0.222. The predicted octanol–water partition coefficient (Wildman–Crippen LogP) is 4.10. The molecule has 1 nitrogen and oxygen atoms in total. The van der Waals surface area contributed by atoms with Gasteiger partial charge in [0.2, 0.25) is 0 Å². The average Bonchev–Trinajstić information content (AvgIpc) is 2.81. The quantitative estimate of drug-likeness (QED) is 0.359. The summed E-state index contributed by atoms with van der Waals surface area (Å²) in [4.78, 5) is 0. The number of nitrogens with zero attached hydrogens (tertiary/aromatic N) is 1. The third kappa shape index (κ3) is 9.79. The van der Waals surface area contributed by atoms with Crippen molar-refractivity contribution in [1.29, 1.82) is 5.26 Å². The van der Waals surface area contributed by atoms with Crippen LogP contribution in [0, 0.1) is 32.1 Å². The molecule has 0 saturated carbocycles. The van der Waals surface area contributed by atoms with E-state index in [9.17, 15) is 0 Å². The van der Waals surface area contributed by atoms with E-state index in [4.69, 9.17) is 5.26 Å². The maximum Gasteiger partial charge on any atom is 2.00 e. The molecule has 0 spiro atoms. The summed E-state index contributed by atoms with van der Waals surface area (Å²) in [5, 5.41) is 8.26. The molecular formula is C13H21FeN. The van der Waals surface area contributed by atoms with Crippen LogP contribution in [-0.2, 0) is 17.1 Å². The monoisotopic (exact) mass is 247 g/mol. The van der Waals surface area contributed by atoms with Crippen molar-refractivity contribution in [3.63, 3.8) is 0 Å². The van der Waals surface area contributed by atoms with E-state index in [0.29, 0.717) is 0 Å². The van der Waals surface area contributed by atoms with Gasteiger partial charge in [-0.15, -0.1) is 0 Å². The Labute approximate surface area is 106 Å². The number of rotatable bonds is 0. The van der Waals surface area contributed by atoms with E-state index in [1.54, 1.807) is 0 Å². The van der Waals surface area contributed by atoms with Crippen molar-refractivity contribution in [3.05, 3.63) is 39.2 Å². The van der Waals surface area contributed by atoms with Crippen molar-refractivity contribution in [3.8, 4) is 6.07 Å². The molecule has 86 valence electrons. The molecule has 2 rings (SSSR count). The molecule has 0 saturated heterocycles. The van der Waals surface area contributed by atoms with Crippen LogP contribution in [0.15, 0.2) is 24.3 Å². The van der Waals surface area contributed by atoms with Crippen LogP contribution in [0.4, 0.5) is 0 Å². The van der Waals surface area contributed by atoms with Gasteiger partial charge in [-0.1, -0.05) is 24.3 Å². The molecule has 0 N–H and O–H groups in total. The fourth-order valence-electron chi connectivity index (χ4n) is 1.33. The van der Waals surface area contributed by atoms with E-state index in [1.165, 1.54) is 19.3 Å². The van der Waals surface area contributed by atoms with Crippen molar-refractivity contribution in [1.82, 2.24) is 0 Å². The Morgan fingerprint density at radius 2 is 1.60 bits per heavy atom. The first-order valence-electron chi connectivity index (χ1n) is 4.65. The summed E-state index contributed by atoms with van der Waals surface area (Å²) in [7, 11) is 0. The minimum atomic E-state index is 0. The smallest absolute Gasteiger partial charge is 0.358 e. The molecule has 0 aromatic rings. The Hall–Kier alpha value is -0.511. The van der Waals surface area contributed by atoms with E-state index in [-0.39, 0.29) is 37.8 Å². The van der Waals surface area contributed by atoms with Gasteiger partial charge in [0.25, 0.3) is 0 Å². The minimum absolute atomic E-state index is 0. The summed E-state index contributed by atoms with van der Waals surface area (Å²) < 4.78 is 0. The first-order chi connectivity index (χ1) is 5.93. The molecule has 0 amide bonds. The van der Waals surface area contributed by atoms with Gasteiger partial charge in [-0.2, -0.15) is 5.26 Å². The van der Waals surface area contributed by atoms with E-state index in [2.05, 4.69) is 24.3 Å². The summed E-state index contributed by atoms with van der Waals surface area (Å²) in [6.45, 7) is 0. The van der Waals surface area contributed by atoms with Crippen molar-refractivity contribution in [2.75, 3.05) is 0 Å². The van der Waals surface area contributed by atoms with Crippen LogP contribution in [-0.4, -0.2) is 0 Å².